The van der Waals surface area contributed by atoms with Crippen LogP contribution in [0, 0.1) is 0 Å². The van der Waals surface area contributed by atoms with E-state index in [0.717, 1.165) is 16.7 Å². The molecule has 2 heterocycles. The molecule has 0 radical (unpaired) electrons. The predicted molar refractivity (Wildman–Crippen MR) is 83.7 cm³/mol. The molecule has 6 heteroatoms. The Morgan fingerprint density at radius 1 is 1.20 bits per heavy atom. The smallest absolute Gasteiger partial charge is 0.239 e. The summed E-state index contributed by atoms with van der Waals surface area (Å²) in [4.78, 5) is 8.75. The van der Waals surface area contributed by atoms with Gasteiger partial charge >= 0.3 is 0 Å². The Bertz CT molecular complexity index is 711. The van der Waals surface area contributed by atoms with Gasteiger partial charge in [-0.3, -0.25) is 5.43 Å². The molecule has 102 valence electrons. The number of benzene rings is 1. The van der Waals surface area contributed by atoms with Crippen molar-refractivity contribution in [2.75, 3.05) is 10.7 Å². The van der Waals surface area contributed by atoms with Crippen LogP contribution in [0.5, 0.6) is 0 Å². The second-order valence-electron chi connectivity index (χ2n) is 4.48. The van der Waals surface area contributed by atoms with Crippen LogP contribution in [0.3, 0.4) is 0 Å². The van der Waals surface area contributed by atoms with Gasteiger partial charge in [-0.05, 0) is 41.4 Å². The van der Waals surface area contributed by atoms with Crippen LogP contribution in [0.2, 0.25) is 0 Å². The van der Waals surface area contributed by atoms with Gasteiger partial charge in [0.05, 0.1) is 11.6 Å². The molecular weight excluding hydrogens is 270 g/mol. The van der Waals surface area contributed by atoms with Crippen LogP contribution in [0.25, 0.3) is 10.9 Å². The van der Waals surface area contributed by atoms with Crippen molar-refractivity contribution in [1.82, 2.24) is 9.97 Å². The van der Waals surface area contributed by atoms with Gasteiger partial charge in [0, 0.05) is 5.39 Å². The largest absolute Gasteiger partial charge is 0.363 e. The molecule has 0 aliphatic heterocycles. The van der Waals surface area contributed by atoms with Gasteiger partial charge in [-0.15, -0.1) is 0 Å². The fourth-order valence-electron chi connectivity index (χ4n) is 2.06. The van der Waals surface area contributed by atoms with Gasteiger partial charge in [0.15, 0.2) is 0 Å². The average molecular weight is 285 g/mol. The van der Waals surface area contributed by atoms with Gasteiger partial charge in [-0.1, -0.05) is 12.1 Å². The molecule has 3 aromatic rings. The highest BCUT2D eigenvalue weighted by Crippen LogP contribution is 2.26. The van der Waals surface area contributed by atoms with Gasteiger partial charge in [0.2, 0.25) is 5.95 Å². The number of aromatic nitrogens is 2. The molecule has 0 saturated heterocycles. The third-order valence-corrected chi connectivity index (χ3v) is 3.83. The number of para-hydroxylation sites is 1. The van der Waals surface area contributed by atoms with E-state index in [2.05, 4.69) is 44.5 Å². The number of hydrogen-bond acceptors (Lipinski definition) is 6. The zero-order chi connectivity index (χ0) is 13.9. The first-order valence-corrected chi connectivity index (χ1v) is 7.24. The van der Waals surface area contributed by atoms with Crippen molar-refractivity contribution in [2.24, 2.45) is 5.84 Å². The summed E-state index contributed by atoms with van der Waals surface area (Å²) >= 11 is 1.68. The molecule has 4 N–H and O–H groups in total. The minimum Gasteiger partial charge on any atom is -0.363 e. The zero-order valence-corrected chi connectivity index (χ0v) is 11.8. The van der Waals surface area contributed by atoms with Crippen molar-refractivity contribution in [3.63, 3.8) is 0 Å². The van der Waals surface area contributed by atoms with Gasteiger partial charge in [0.1, 0.15) is 5.82 Å². The number of nitrogens with zero attached hydrogens (tertiary/aromatic N) is 2. The molecule has 5 nitrogen and oxygen atoms in total. The number of thiophene rings is 1. The normalized spacial score (nSPS) is 12.3. The SMILES string of the molecule is CC(Nc1nc(NN)nc2ccccc12)c1ccsc1. The Kier molecular flexibility index (Phi) is 3.49. The van der Waals surface area contributed by atoms with Crippen molar-refractivity contribution < 1.29 is 0 Å². The van der Waals surface area contributed by atoms with Gasteiger partial charge in [0.25, 0.3) is 0 Å². The van der Waals surface area contributed by atoms with Crippen molar-refractivity contribution in [3.8, 4) is 0 Å². The molecule has 0 bridgehead atoms. The maximum atomic E-state index is 5.43. The second kappa shape index (κ2) is 5.44. The zero-order valence-electron chi connectivity index (χ0n) is 11.0. The lowest BCUT2D eigenvalue weighted by Gasteiger charge is -2.15. The molecule has 1 unspecified atom stereocenters. The fraction of sp³-hybridized carbons (Fsp3) is 0.143. The number of nitrogen functional groups attached to an aromatic ring is 1. The number of rotatable bonds is 4. The number of nitrogens with two attached hydrogens (primary N) is 1. The first-order valence-electron chi connectivity index (χ1n) is 6.30. The summed E-state index contributed by atoms with van der Waals surface area (Å²) in [5.41, 5.74) is 4.60. The molecule has 2 aromatic heterocycles. The third kappa shape index (κ3) is 2.43. The van der Waals surface area contributed by atoms with E-state index in [1.165, 1.54) is 5.56 Å². The van der Waals surface area contributed by atoms with Gasteiger partial charge in [-0.25, -0.2) is 10.8 Å². The minimum atomic E-state index is 0.171. The number of hydrazine groups is 1. The molecule has 0 spiro atoms. The predicted octanol–water partition coefficient (Wildman–Crippen LogP) is 3.15. The van der Waals surface area contributed by atoms with Crippen molar-refractivity contribution >= 4 is 34.0 Å². The highest BCUT2D eigenvalue weighted by Gasteiger charge is 2.11. The van der Waals surface area contributed by atoms with Crippen LogP contribution >= 0.6 is 11.3 Å². The Morgan fingerprint density at radius 2 is 2.05 bits per heavy atom. The second-order valence-corrected chi connectivity index (χ2v) is 5.26. The molecular formula is C14H15N5S. The summed E-state index contributed by atoms with van der Waals surface area (Å²) in [6, 6.07) is 10.1. The molecule has 1 atom stereocenters. The maximum Gasteiger partial charge on any atom is 0.239 e. The first kappa shape index (κ1) is 12.8. The number of hydrogen-bond donors (Lipinski definition) is 3. The molecule has 1 aromatic carbocycles. The Morgan fingerprint density at radius 3 is 2.80 bits per heavy atom. The van der Waals surface area contributed by atoms with E-state index in [-0.39, 0.29) is 6.04 Å². The van der Waals surface area contributed by atoms with Crippen LogP contribution in [-0.4, -0.2) is 9.97 Å². The van der Waals surface area contributed by atoms with Crippen LogP contribution in [0.15, 0.2) is 41.1 Å². The monoisotopic (exact) mass is 285 g/mol. The van der Waals surface area contributed by atoms with E-state index in [4.69, 9.17) is 5.84 Å². The Labute approximate surface area is 120 Å². The summed E-state index contributed by atoms with van der Waals surface area (Å²) in [7, 11) is 0. The van der Waals surface area contributed by atoms with E-state index in [9.17, 15) is 0 Å². The van der Waals surface area contributed by atoms with Gasteiger partial charge < -0.3 is 5.32 Å². The van der Waals surface area contributed by atoms with E-state index in [1.54, 1.807) is 11.3 Å². The highest BCUT2D eigenvalue weighted by molar-refractivity contribution is 7.08. The lowest BCUT2D eigenvalue weighted by atomic mass is 10.1. The van der Waals surface area contributed by atoms with Crippen LogP contribution in [0.1, 0.15) is 18.5 Å². The summed E-state index contributed by atoms with van der Waals surface area (Å²) in [5, 5.41) is 8.60. The van der Waals surface area contributed by atoms with Crippen LogP contribution in [0.4, 0.5) is 11.8 Å². The van der Waals surface area contributed by atoms with Crippen molar-refractivity contribution in [3.05, 3.63) is 46.7 Å². The molecule has 0 aliphatic carbocycles. The van der Waals surface area contributed by atoms with Crippen LogP contribution < -0.4 is 16.6 Å². The molecule has 20 heavy (non-hydrogen) atoms. The standard InChI is InChI=1S/C14H15N5S/c1-9(10-6-7-20-8-10)16-13-11-4-2-3-5-12(11)17-14(18-13)19-15/h2-9H,15H2,1H3,(H2,16,17,18,19). The number of anilines is 2. The summed E-state index contributed by atoms with van der Waals surface area (Å²) in [6.07, 6.45) is 0. The molecule has 0 saturated carbocycles. The number of fused-ring (bicyclic) bond motifs is 1. The topological polar surface area (TPSA) is 75.9 Å². The molecule has 3 rings (SSSR count). The highest BCUT2D eigenvalue weighted by atomic mass is 32.1. The molecule has 0 amide bonds. The van der Waals surface area contributed by atoms with Gasteiger partial charge in [-0.2, -0.15) is 16.3 Å². The summed E-state index contributed by atoms with van der Waals surface area (Å²) in [5.74, 6) is 6.62. The average Bonchev–Trinajstić information content (AvgIpc) is 3.01. The van der Waals surface area contributed by atoms with Crippen molar-refractivity contribution in [2.45, 2.75) is 13.0 Å². The first-order chi connectivity index (χ1) is 9.78. The maximum absolute atomic E-state index is 5.43. The summed E-state index contributed by atoms with van der Waals surface area (Å²) in [6.45, 7) is 2.11. The van der Waals surface area contributed by atoms with E-state index >= 15 is 0 Å². The fourth-order valence-corrected chi connectivity index (χ4v) is 2.82. The number of nitrogens with one attached hydrogen (secondary N) is 2. The lowest BCUT2D eigenvalue weighted by Crippen LogP contribution is -2.13. The summed E-state index contributed by atoms with van der Waals surface area (Å²) < 4.78 is 0. The lowest BCUT2D eigenvalue weighted by molar-refractivity contribution is 0.881. The molecule has 0 aliphatic rings. The van der Waals surface area contributed by atoms with Crippen LogP contribution in [-0.2, 0) is 0 Å². The van der Waals surface area contributed by atoms with E-state index in [1.807, 2.05) is 24.3 Å². The quantitative estimate of drug-likeness (QED) is 0.507. The van der Waals surface area contributed by atoms with Crippen molar-refractivity contribution in [1.29, 1.82) is 0 Å². The van der Waals surface area contributed by atoms with E-state index < -0.39 is 0 Å². The Balaban J connectivity index is 2.01. The molecule has 0 fully saturated rings. The Hall–Kier alpha value is -2.18. The minimum absolute atomic E-state index is 0.171. The van der Waals surface area contributed by atoms with E-state index in [0.29, 0.717) is 5.95 Å². The third-order valence-electron chi connectivity index (χ3n) is 3.13.